The molecule has 0 bridgehead atoms. The van der Waals surface area contributed by atoms with Crippen molar-refractivity contribution in [1.82, 2.24) is 18.7 Å². The van der Waals surface area contributed by atoms with Crippen molar-refractivity contribution in [3.05, 3.63) is 83.1 Å². The number of hydrogen-bond acceptors (Lipinski definition) is 6. The summed E-state index contributed by atoms with van der Waals surface area (Å²) >= 11 is 0. The molecule has 0 spiro atoms. The van der Waals surface area contributed by atoms with Crippen molar-refractivity contribution >= 4 is 37.7 Å². The summed E-state index contributed by atoms with van der Waals surface area (Å²) < 4.78 is 59.0. The molecule has 1 aliphatic rings. The minimum absolute atomic E-state index is 0.00101. The van der Waals surface area contributed by atoms with E-state index in [-0.39, 0.29) is 31.9 Å². The van der Waals surface area contributed by atoms with Gasteiger partial charge >= 0.3 is 5.97 Å². The van der Waals surface area contributed by atoms with Crippen molar-refractivity contribution in [2.24, 2.45) is 7.05 Å². The van der Waals surface area contributed by atoms with E-state index < -0.39 is 21.8 Å². The molecule has 0 aliphatic carbocycles. The lowest BCUT2D eigenvalue weighted by Crippen LogP contribution is -2.29. The summed E-state index contributed by atoms with van der Waals surface area (Å²) in [5.41, 5.74) is 3.57. The third-order valence-electron chi connectivity index (χ3n) is 8.61. The van der Waals surface area contributed by atoms with Crippen molar-refractivity contribution in [2.75, 3.05) is 26.0 Å². The van der Waals surface area contributed by atoms with E-state index in [9.17, 15) is 13.2 Å². The van der Waals surface area contributed by atoms with E-state index in [2.05, 4.69) is 5.10 Å². The lowest BCUT2D eigenvalue weighted by molar-refractivity contribution is 0.0512. The molecule has 0 radical (unpaired) electrons. The first-order valence-corrected chi connectivity index (χ1v) is 16.8. The van der Waals surface area contributed by atoms with Crippen molar-refractivity contribution in [2.45, 2.75) is 46.2 Å². The van der Waals surface area contributed by atoms with Crippen LogP contribution < -0.4 is 4.74 Å². The van der Waals surface area contributed by atoms with Crippen LogP contribution in [0.3, 0.4) is 0 Å². The molecule has 0 atom stereocenters. The minimum atomic E-state index is -3.64. The summed E-state index contributed by atoms with van der Waals surface area (Å²) in [5, 5.41) is 7.44. The Morgan fingerprint density at radius 1 is 1.02 bits per heavy atom. The summed E-state index contributed by atoms with van der Waals surface area (Å²) in [6.45, 7) is 4.32. The van der Waals surface area contributed by atoms with Gasteiger partial charge in [-0.1, -0.05) is 36.4 Å². The highest BCUT2D eigenvalue weighted by molar-refractivity contribution is 7.89. The summed E-state index contributed by atoms with van der Waals surface area (Å²) in [6.07, 6.45) is 1.28. The topological polar surface area (TPSA) is 95.7 Å². The number of ether oxygens (including phenoxy) is 2. The Morgan fingerprint density at radius 2 is 1.80 bits per heavy atom. The predicted octanol–water partition coefficient (Wildman–Crippen LogP) is 6.00. The zero-order valence-corrected chi connectivity index (χ0v) is 26.8. The van der Waals surface area contributed by atoms with Gasteiger partial charge in [0.05, 0.1) is 36.7 Å². The van der Waals surface area contributed by atoms with Gasteiger partial charge in [0.2, 0.25) is 10.0 Å². The van der Waals surface area contributed by atoms with Crippen molar-refractivity contribution in [1.29, 1.82) is 0 Å². The molecule has 1 aliphatic heterocycles. The first-order valence-electron chi connectivity index (χ1n) is 15.2. The maximum absolute atomic E-state index is 16.1. The van der Waals surface area contributed by atoms with Crippen LogP contribution in [-0.4, -0.2) is 59.1 Å². The molecule has 0 N–H and O–H groups in total. The lowest BCUT2D eigenvalue weighted by Gasteiger charge is -2.16. The molecule has 45 heavy (non-hydrogen) atoms. The Hall–Kier alpha value is -4.22. The Balaban J connectivity index is 1.48. The SMILES string of the molecule is CCOC(=O)c1c(CCCOc2cccc3ccccc23)c2ccc(F)c3c2n1CCCS(=O)(=O)N(C)Cc1nn(C)c(C)c1-3. The van der Waals surface area contributed by atoms with Gasteiger partial charge < -0.3 is 14.0 Å². The fraction of sp³-hybridized carbons (Fsp3) is 0.353. The number of esters is 1. The largest absolute Gasteiger partial charge is 0.493 e. The highest BCUT2D eigenvalue weighted by atomic mass is 32.2. The molecule has 3 aromatic carbocycles. The first kappa shape index (κ1) is 30.8. The quantitative estimate of drug-likeness (QED) is 0.162. The Bertz CT molecular complexity index is 2030. The molecule has 5 aromatic rings. The van der Waals surface area contributed by atoms with Gasteiger partial charge in [0.1, 0.15) is 17.3 Å². The van der Waals surface area contributed by atoms with Crippen LogP contribution in [0, 0.1) is 12.7 Å². The molecular weight excluding hydrogens is 595 g/mol. The normalized spacial score (nSPS) is 15.1. The summed E-state index contributed by atoms with van der Waals surface area (Å²) in [4.78, 5) is 13.6. The molecule has 11 heteroatoms. The number of fused-ring (bicyclic) bond motifs is 3. The fourth-order valence-corrected chi connectivity index (χ4v) is 7.50. The van der Waals surface area contributed by atoms with E-state index in [1.165, 1.54) is 17.4 Å². The molecule has 0 saturated heterocycles. The molecule has 0 unspecified atom stereocenters. The maximum Gasteiger partial charge on any atom is 0.355 e. The number of aromatic nitrogens is 3. The van der Waals surface area contributed by atoms with Gasteiger partial charge in [-0.05, 0) is 62.3 Å². The summed E-state index contributed by atoms with van der Waals surface area (Å²) in [7, 11) is -0.372. The molecule has 236 valence electrons. The number of halogens is 1. The van der Waals surface area contributed by atoms with Crippen LogP contribution in [0.2, 0.25) is 0 Å². The van der Waals surface area contributed by atoms with Crippen molar-refractivity contribution in [3.63, 3.8) is 0 Å². The molecule has 0 fully saturated rings. The second kappa shape index (κ2) is 12.3. The monoisotopic (exact) mass is 632 g/mol. The average Bonchev–Trinajstić information content (AvgIpc) is 3.47. The lowest BCUT2D eigenvalue weighted by atomic mass is 9.97. The molecular formula is C34H37FN4O5S. The van der Waals surface area contributed by atoms with Gasteiger partial charge in [0, 0.05) is 48.2 Å². The number of benzene rings is 3. The zero-order chi connectivity index (χ0) is 31.9. The Kier molecular flexibility index (Phi) is 8.41. The standard InChI is InChI=1S/C34H37FN4O5S/c1-5-43-34(40)33-25(14-9-19-44-29-15-8-12-23-11-6-7-13-24(23)29)26-16-17-27(35)31-30-22(2)38(4)36-28(30)21-37(3)45(41,42)20-10-18-39(33)32(26)31/h6-8,11-13,15-17H,5,9-10,14,18-21H2,1-4H3. The molecule has 0 amide bonds. The van der Waals surface area contributed by atoms with Gasteiger partial charge in [0.15, 0.2) is 0 Å². The van der Waals surface area contributed by atoms with E-state index in [0.29, 0.717) is 53.2 Å². The van der Waals surface area contributed by atoms with Gasteiger partial charge in [-0.3, -0.25) is 4.68 Å². The van der Waals surface area contributed by atoms with Crippen LogP contribution in [-0.2, 0) is 41.3 Å². The van der Waals surface area contributed by atoms with Crippen LogP contribution in [0.4, 0.5) is 4.39 Å². The smallest absolute Gasteiger partial charge is 0.355 e. The van der Waals surface area contributed by atoms with E-state index in [4.69, 9.17) is 9.47 Å². The van der Waals surface area contributed by atoms with Gasteiger partial charge in [-0.25, -0.2) is 17.6 Å². The minimum Gasteiger partial charge on any atom is -0.493 e. The Labute approximate surface area is 262 Å². The van der Waals surface area contributed by atoms with E-state index in [0.717, 1.165) is 27.5 Å². The van der Waals surface area contributed by atoms with Crippen LogP contribution in [0.5, 0.6) is 5.75 Å². The first-order chi connectivity index (χ1) is 21.6. The Morgan fingerprint density at radius 3 is 2.60 bits per heavy atom. The molecule has 6 rings (SSSR count). The van der Waals surface area contributed by atoms with Gasteiger partial charge in [0.25, 0.3) is 0 Å². The predicted molar refractivity (Wildman–Crippen MR) is 172 cm³/mol. The molecule has 3 heterocycles. The molecule has 2 aromatic heterocycles. The number of aryl methyl sites for hydroxylation is 3. The average molecular weight is 633 g/mol. The van der Waals surface area contributed by atoms with Gasteiger partial charge in [-0.2, -0.15) is 9.40 Å². The molecule has 9 nitrogen and oxygen atoms in total. The second-order valence-corrected chi connectivity index (χ2v) is 13.6. The summed E-state index contributed by atoms with van der Waals surface area (Å²) in [5.74, 6) is -0.343. The summed E-state index contributed by atoms with van der Waals surface area (Å²) in [6, 6.07) is 17.1. The highest BCUT2D eigenvalue weighted by Crippen LogP contribution is 2.41. The number of hydrogen-bond donors (Lipinski definition) is 0. The fourth-order valence-electron chi connectivity index (χ4n) is 6.38. The van der Waals surface area contributed by atoms with Crippen LogP contribution in [0.1, 0.15) is 47.2 Å². The van der Waals surface area contributed by atoms with Crippen molar-refractivity contribution in [3.8, 4) is 16.9 Å². The van der Waals surface area contributed by atoms with Gasteiger partial charge in [-0.15, -0.1) is 0 Å². The highest BCUT2D eigenvalue weighted by Gasteiger charge is 2.31. The van der Waals surface area contributed by atoms with Crippen LogP contribution in [0.25, 0.3) is 32.8 Å². The zero-order valence-electron chi connectivity index (χ0n) is 26.0. The van der Waals surface area contributed by atoms with E-state index >= 15 is 4.39 Å². The van der Waals surface area contributed by atoms with Crippen molar-refractivity contribution < 1.29 is 27.1 Å². The van der Waals surface area contributed by atoms with Crippen LogP contribution >= 0.6 is 0 Å². The number of sulfonamides is 1. The second-order valence-electron chi connectivity index (χ2n) is 11.4. The molecule has 0 saturated carbocycles. The van der Waals surface area contributed by atoms with E-state index in [1.807, 2.05) is 49.4 Å². The third-order valence-corrected chi connectivity index (χ3v) is 10.5. The van der Waals surface area contributed by atoms with E-state index in [1.54, 1.807) is 29.3 Å². The maximum atomic E-state index is 16.1. The number of nitrogens with zero attached hydrogens (tertiary/aromatic N) is 4. The third kappa shape index (κ3) is 5.59. The number of rotatable bonds is 7. The number of carbonyl (C=O) groups is 1. The number of carbonyl (C=O) groups excluding carboxylic acids is 1. The van der Waals surface area contributed by atoms with Crippen LogP contribution in [0.15, 0.2) is 54.6 Å².